The van der Waals surface area contributed by atoms with Crippen molar-refractivity contribution >= 4 is 6.03 Å². The number of aryl methyl sites for hydroxylation is 1. The van der Waals surface area contributed by atoms with Crippen molar-refractivity contribution in [2.45, 2.75) is 51.6 Å². The van der Waals surface area contributed by atoms with Gasteiger partial charge in [0.2, 0.25) is 0 Å². The Morgan fingerprint density at radius 3 is 2.83 bits per heavy atom. The smallest absolute Gasteiger partial charge is 0.314 e. The SMILES string of the molecule is CC(CCc1ccccc1)NC(=O)NCCCC1CNNC1C. The number of hydrogen-bond donors (Lipinski definition) is 4. The molecule has 23 heavy (non-hydrogen) atoms. The minimum absolute atomic E-state index is 0.0544. The van der Waals surface area contributed by atoms with Crippen LogP contribution >= 0.6 is 0 Å². The Kier molecular flexibility index (Phi) is 7.36. The average Bonchev–Trinajstić information content (AvgIpc) is 2.96. The van der Waals surface area contributed by atoms with Crippen LogP contribution in [0.5, 0.6) is 0 Å². The second-order valence-electron chi connectivity index (χ2n) is 6.54. The number of amides is 2. The Labute approximate surface area is 139 Å². The molecular formula is C18H30N4O. The lowest BCUT2D eigenvalue weighted by Gasteiger charge is -2.16. The van der Waals surface area contributed by atoms with Gasteiger partial charge in [-0.05, 0) is 51.0 Å². The topological polar surface area (TPSA) is 65.2 Å². The summed E-state index contributed by atoms with van der Waals surface area (Å²) >= 11 is 0. The maximum atomic E-state index is 11.9. The zero-order chi connectivity index (χ0) is 16.5. The molecule has 0 radical (unpaired) electrons. The molecule has 3 atom stereocenters. The average molecular weight is 318 g/mol. The molecule has 1 heterocycles. The van der Waals surface area contributed by atoms with Gasteiger partial charge in [-0.3, -0.25) is 10.9 Å². The maximum absolute atomic E-state index is 11.9. The summed E-state index contributed by atoms with van der Waals surface area (Å²) < 4.78 is 0. The maximum Gasteiger partial charge on any atom is 0.314 e. The van der Waals surface area contributed by atoms with Crippen molar-refractivity contribution in [2.75, 3.05) is 13.1 Å². The number of hydrazine groups is 1. The molecule has 0 aromatic heterocycles. The molecule has 1 aromatic rings. The number of carbonyl (C=O) groups excluding carboxylic acids is 1. The van der Waals surface area contributed by atoms with E-state index in [4.69, 9.17) is 0 Å². The van der Waals surface area contributed by atoms with E-state index in [-0.39, 0.29) is 12.1 Å². The lowest BCUT2D eigenvalue weighted by atomic mass is 9.98. The third-order valence-electron chi connectivity index (χ3n) is 4.52. The first kappa shape index (κ1) is 17.8. The zero-order valence-corrected chi connectivity index (χ0v) is 14.3. The molecule has 1 fully saturated rings. The summed E-state index contributed by atoms with van der Waals surface area (Å²) in [5.74, 6) is 0.657. The normalized spacial score (nSPS) is 21.8. The molecule has 3 unspecified atom stereocenters. The highest BCUT2D eigenvalue weighted by Gasteiger charge is 2.21. The first-order chi connectivity index (χ1) is 11.1. The van der Waals surface area contributed by atoms with Gasteiger partial charge in [0.15, 0.2) is 0 Å². The molecule has 1 aromatic carbocycles. The van der Waals surface area contributed by atoms with Crippen molar-refractivity contribution in [3.8, 4) is 0 Å². The van der Waals surface area contributed by atoms with Crippen LogP contribution in [0.1, 0.15) is 38.7 Å². The summed E-state index contributed by atoms with van der Waals surface area (Å²) in [5, 5.41) is 5.97. The number of carbonyl (C=O) groups is 1. The van der Waals surface area contributed by atoms with Gasteiger partial charge >= 0.3 is 6.03 Å². The Bertz CT molecular complexity index is 465. The summed E-state index contributed by atoms with van der Waals surface area (Å²) in [6.45, 7) is 6.00. The van der Waals surface area contributed by atoms with Crippen LogP contribution in [-0.4, -0.2) is 31.2 Å². The molecule has 0 spiro atoms. The van der Waals surface area contributed by atoms with E-state index in [1.165, 1.54) is 5.56 Å². The number of nitrogens with one attached hydrogen (secondary N) is 4. The Morgan fingerprint density at radius 1 is 1.35 bits per heavy atom. The van der Waals surface area contributed by atoms with Crippen LogP contribution in [0.3, 0.4) is 0 Å². The highest BCUT2D eigenvalue weighted by molar-refractivity contribution is 5.74. The molecular weight excluding hydrogens is 288 g/mol. The molecule has 2 rings (SSSR count). The van der Waals surface area contributed by atoms with E-state index in [0.29, 0.717) is 12.0 Å². The quantitative estimate of drug-likeness (QED) is 0.556. The van der Waals surface area contributed by atoms with Crippen LogP contribution in [0.2, 0.25) is 0 Å². The molecule has 4 N–H and O–H groups in total. The minimum Gasteiger partial charge on any atom is -0.338 e. The second-order valence-corrected chi connectivity index (χ2v) is 6.54. The summed E-state index contributed by atoms with van der Waals surface area (Å²) in [4.78, 5) is 11.9. The van der Waals surface area contributed by atoms with Crippen molar-refractivity contribution < 1.29 is 4.79 Å². The van der Waals surface area contributed by atoms with Crippen LogP contribution in [0.15, 0.2) is 30.3 Å². The highest BCUT2D eigenvalue weighted by atomic mass is 16.2. The standard InChI is InChI=1S/C18H30N4O/c1-14(10-11-16-7-4-3-5-8-16)21-18(23)19-12-6-9-17-13-20-22-15(17)2/h3-5,7-8,14-15,17,20,22H,6,9-13H2,1-2H3,(H2,19,21,23). The summed E-state index contributed by atoms with van der Waals surface area (Å²) in [5.41, 5.74) is 7.71. The van der Waals surface area contributed by atoms with Crippen molar-refractivity contribution in [2.24, 2.45) is 5.92 Å². The van der Waals surface area contributed by atoms with Crippen LogP contribution in [0.25, 0.3) is 0 Å². The monoisotopic (exact) mass is 318 g/mol. The van der Waals surface area contributed by atoms with E-state index >= 15 is 0 Å². The number of hydrogen-bond acceptors (Lipinski definition) is 3. The molecule has 1 aliphatic rings. The second kappa shape index (κ2) is 9.53. The van der Waals surface area contributed by atoms with Gasteiger partial charge in [0.25, 0.3) is 0 Å². The predicted octanol–water partition coefficient (Wildman–Crippen LogP) is 2.20. The van der Waals surface area contributed by atoms with E-state index in [2.05, 4.69) is 59.6 Å². The lowest BCUT2D eigenvalue weighted by molar-refractivity contribution is 0.236. The summed E-state index contributed by atoms with van der Waals surface area (Å²) in [6, 6.07) is 11.0. The van der Waals surface area contributed by atoms with Crippen LogP contribution < -0.4 is 21.5 Å². The van der Waals surface area contributed by atoms with Crippen molar-refractivity contribution in [3.63, 3.8) is 0 Å². The number of rotatable bonds is 8. The molecule has 0 bridgehead atoms. The Balaban J connectivity index is 1.53. The fraction of sp³-hybridized carbons (Fsp3) is 0.611. The molecule has 2 amide bonds. The van der Waals surface area contributed by atoms with Crippen LogP contribution in [0.4, 0.5) is 4.79 Å². The highest BCUT2D eigenvalue weighted by Crippen LogP contribution is 2.13. The van der Waals surface area contributed by atoms with E-state index in [9.17, 15) is 4.79 Å². The molecule has 0 aliphatic carbocycles. The van der Waals surface area contributed by atoms with Crippen LogP contribution in [0, 0.1) is 5.92 Å². The fourth-order valence-electron chi connectivity index (χ4n) is 2.94. The molecule has 1 saturated heterocycles. The largest absolute Gasteiger partial charge is 0.338 e. The fourth-order valence-corrected chi connectivity index (χ4v) is 2.94. The van der Waals surface area contributed by atoms with Gasteiger partial charge in [0.1, 0.15) is 0 Å². The van der Waals surface area contributed by atoms with Gasteiger partial charge in [-0.15, -0.1) is 0 Å². The van der Waals surface area contributed by atoms with Gasteiger partial charge in [0, 0.05) is 25.2 Å². The number of benzene rings is 1. The van der Waals surface area contributed by atoms with Gasteiger partial charge < -0.3 is 10.6 Å². The van der Waals surface area contributed by atoms with Gasteiger partial charge in [-0.25, -0.2) is 4.79 Å². The molecule has 5 nitrogen and oxygen atoms in total. The van der Waals surface area contributed by atoms with Crippen molar-refractivity contribution in [1.82, 2.24) is 21.5 Å². The summed E-state index contributed by atoms with van der Waals surface area (Å²) in [6.07, 6.45) is 4.09. The predicted molar refractivity (Wildman–Crippen MR) is 94.1 cm³/mol. The number of urea groups is 1. The minimum atomic E-state index is -0.0544. The first-order valence-electron chi connectivity index (χ1n) is 8.72. The molecule has 5 heteroatoms. The third kappa shape index (κ3) is 6.59. The lowest BCUT2D eigenvalue weighted by Crippen LogP contribution is -2.41. The third-order valence-corrected chi connectivity index (χ3v) is 4.52. The van der Waals surface area contributed by atoms with E-state index in [1.807, 2.05) is 6.07 Å². The van der Waals surface area contributed by atoms with Crippen LogP contribution in [-0.2, 0) is 6.42 Å². The Hall–Kier alpha value is -1.59. The van der Waals surface area contributed by atoms with Gasteiger partial charge in [-0.1, -0.05) is 30.3 Å². The van der Waals surface area contributed by atoms with E-state index < -0.39 is 0 Å². The zero-order valence-electron chi connectivity index (χ0n) is 14.3. The van der Waals surface area contributed by atoms with Crippen molar-refractivity contribution in [1.29, 1.82) is 0 Å². The van der Waals surface area contributed by atoms with E-state index in [0.717, 1.165) is 38.8 Å². The molecule has 0 saturated carbocycles. The van der Waals surface area contributed by atoms with Gasteiger partial charge in [-0.2, -0.15) is 0 Å². The molecule has 1 aliphatic heterocycles. The van der Waals surface area contributed by atoms with E-state index in [1.54, 1.807) is 0 Å². The van der Waals surface area contributed by atoms with Crippen molar-refractivity contribution in [3.05, 3.63) is 35.9 Å². The first-order valence-corrected chi connectivity index (χ1v) is 8.72. The van der Waals surface area contributed by atoms with Gasteiger partial charge in [0.05, 0.1) is 0 Å². The summed E-state index contributed by atoms with van der Waals surface area (Å²) in [7, 11) is 0. The molecule has 128 valence electrons. The Morgan fingerprint density at radius 2 is 2.13 bits per heavy atom.